The number of aromatic nitrogens is 1. The fraction of sp³-hybridized carbons (Fsp3) is 0.478. The number of carboxylic acids is 1. The molecule has 1 fully saturated rings. The summed E-state index contributed by atoms with van der Waals surface area (Å²) in [6.45, 7) is 2.71. The highest BCUT2D eigenvalue weighted by atomic mass is 32.1. The topological polar surface area (TPSA) is 91.7 Å². The minimum absolute atomic E-state index is 0.0356. The normalized spacial score (nSPS) is 21.8. The van der Waals surface area contributed by atoms with Crippen molar-refractivity contribution in [3.8, 4) is 11.6 Å². The molecule has 0 radical (unpaired) electrons. The van der Waals surface area contributed by atoms with Crippen LogP contribution in [-0.4, -0.2) is 33.8 Å². The van der Waals surface area contributed by atoms with Crippen molar-refractivity contribution in [1.29, 1.82) is 0 Å². The summed E-state index contributed by atoms with van der Waals surface area (Å²) in [7, 11) is 0. The summed E-state index contributed by atoms with van der Waals surface area (Å²) in [6, 6.07) is 5.49. The highest BCUT2D eigenvalue weighted by molar-refractivity contribution is 7.15. The summed E-state index contributed by atoms with van der Waals surface area (Å²) in [5.41, 5.74) is 0.978. The maximum absolute atomic E-state index is 11.6. The van der Waals surface area contributed by atoms with Crippen LogP contribution in [0.2, 0.25) is 0 Å². The number of unbranched alkanes of at least 4 members (excludes halogenated alkanes) is 1. The van der Waals surface area contributed by atoms with E-state index in [0.29, 0.717) is 48.6 Å². The quantitative estimate of drug-likeness (QED) is 0.369. The molecule has 0 aliphatic heterocycles. The van der Waals surface area contributed by atoms with E-state index in [1.54, 1.807) is 18.2 Å². The van der Waals surface area contributed by atoms with Crippen LogP contribution in [0.3, 0.4) is 0 Å². The maximum atomic E-state index is 11.6. The lowest BCUT2D eigenvalue weighted by molar-refractivity contribution is 0.0695. The predicted octanol–water partition coefficient (Wildman–Crippen LogP) is 4.89. The van der Waals surface area contributed by atoms with Crippen molar-refractivity contribution < 1.29 is 19.7 Å². The van der Waals surface area contributed by atoms with Gasteiger partial charge in [-0.3, -0.25) is 0 Å². The van der Waals surface area contributed by atoms with Gasteiger partial charge in [0, 0.05) is 6.04 Å². The Kier molecular flexibility index (Phi) is 6.27. The van der Waals surface area contributed by atoms with E-state index in [1.165, 1.54) is 17.8 Å². The highest BCUT2D eigenvalue weighted by Crippen LogP contribution is 2.41. The Labute approximate surface area is 180 Å². The maximum Gasteiger partial charge on any atom is 0.335 e. The molecular weight excluding hydrogens is 400 g/mol. The summed E-state index contributed by atoms with van der Waals surface area (Å²) in [4.78, 5) is 16.7. The number of hydrogen-bond acceptors (Lipinski definition) is 6. The first-order valence-corrected chi connectivity index (χ1v) is 11.5. The number of fused-ring (bicyclic) bond motifs is 2. The number of hydrogen-bond donors (Lipinski definition) is 3. The average Bonchev–Trinajstić information content (AvgIpc) is 3.42. The second kappa shape index (κ2) is 9.08. The van der Waals surface area contributed by atoms with E-state index < -0.39 is 5.97 Å². The lowest BCUT2D eigenvalue weighted by Crippen LogP contribution is -2.23. The van der Waals surface area contributed by atoms with Crippen molar-refractivity contribution in [2.45, 2.75) is 51.5 Å². The molecule has 160 valence electrons. The number of benzene rings is 1. The van der Waals surface area contributed by atoms with Crippen LogP contribution >= 0.6 is 11.3 Å². The number of nitrogens with zero attached hydrogens (tertiary/aromatic N) is 1. The fourth-order valence-electron chi connectivity index (χ4n) is 4.33. The van der Waals surface area contributed by atoms with Crippen molar-refractivity contribution in [3.63, 3.8) is 0 Å². The first kappa shape index (κ1) is 20.7. The first-order valence-electron chi connectivity index (χ1n) is 10.7. The third-order valence-corrected chi connectivity index (χ3v) is 7.00. The molecule has 7 heteroatoms. The number of carbonyl (C=O) groups is 1. The van der Waals surface area contributed by atoms with Gasteiger partial charge in [0.15, 0.2) is 5.13 Å². The van der Waals surface area contributed by atoms with E-state index in [0.717, 1.165) is 29.3 Å². The molecular formula is C23H28N2O4S. The van der Waals surface area contributed by atoms with Gasteiger partial charge in [-0.1, -0.05) is 36.8 Å². The number of anilines is 1. The molecule has 1 aromatic heterocycles. The summed E-state index contributed by atoms with van der Waals surface area (Å²) < 4.78 is 5.73. The molecule has 4 rings (SSSR count). The number of allylic oxidation sites excluding steroid dienone is 1. The van der Waals surface area contributed by atoms with Gasteiger partial charge in [0.25, 0.3) is 0 Å². The summed E-state index contributed by atoms with van der Waals surface area (Å²) in [5, 5.41) is 24.0. The molecule has 2 aliphatic carbocycles. The smallest absolute Gasteiger partial charge is 0.335 e. The number of rotatable bonds is 10. The number of aryl methyl sites for hydroxylation is 2. The number of carboxylic acid groups (broad SMARTS) is 1. The van der Waals surface area contributed by atoms with Crippen LogP contribution in [-0.2, 0) is 12.8 Å². The second-order valence-electron chi connectivity index (χ2n) is 8.12. The van der Waals surface area contributed by atoms with Crippen molar-refractivity contribution in [2.24, 2.45) is 11.8 Å². The number of thiazole rings is 1. The summed E-state index contributed by atoms with van der Waals surface area (Å²) in [6.07, 6.45) is 9.93. The van der Waals surface area contributed by atoms with E-state index in [4.69, 9.17) is 4.74 Å². The number of aromatic hydroxyl groups is 1. The van der Waals surface area contributed by atoms with E-state index in [1.807, 2.05) is 0 Å². The van der Waals surface area contributed by atoms with Crippen LogP contribution < -0.4 is 10.1 Å². The van der Waals surface area contributed by atoms with Crippen LogP contribution in [0.4, 0.5) is 5.13 Å². The van der Waals surface area contributed by atoms with Gasteiger partial charge in [0.05, 0.1) is 17.0 Å². The van der Waals surface area contributed by atoms with Gasteiger partial charge in [-0.05, 0) is 67.7 Å². The first-order chi connectivity index (χ1) is 14.5. The van der Waals surface area contributed by atoms with Crippen molar-refractivity contribution in [1.82, 2.24) is 4.98 Å². The Hall–Kier alpha value is -2.54. The molecule has 2 aromatic rings. The van der Waals surface area contributed by atoms with Gasteiger partial charge in [-0.25, -0.2) is 4.79 Å². The minimum atomic E-state index is -0.953. The Morgan fingerprint density at radius 1 is 1.30 bits per heavy atom. The van der Waals surface area contributed by atoms with Crippen molar-refractivity contribution in [2.75, 3.05) is 11.9 Å². The summed E-state index contributed by atoms with van der Waals surface area (Å²) >= 11 is 1.45. The monoisotopic (exact) mass is 428 g/mol. The van der Waals surface area contributed by atoms with E-state index in [-0.39, 0.29) is 11.4 Å². The number of aromatic carboxylic acids is 1. The van der Waals surface area contributed by atoms with Crippen LogP contribution in [0.1, 0.15) is 53.4 Å². The molecule has 3 atom stereocenters. The SMILES string of the molecule is CCCCOc1ccc(C(=O)O)c(CCc2sc(NC3CC4C=CC3C4)nc2O)c1. The molecule has 1 heterocycles. The number of ether oxygens (including phenoxy) is 1. The fourth-order valence-corrected chi connectivity index (χ4v) is 5.25. The van der Waals surface area contributed by atoms with Gasteiger partial charge in [-0.2, -0.15) is 4.98 Å². The van der Waals surface area contributed by atoms with Crippen molar-refractivity contribution in [3.05, 3.63) is 46.4 Å². The average molecular weight is 429 g/mol. The molecule has 6 nitrogen and oxygen atoms in total. The third-order valence-electron chi connectivity index (χ3n) is 5.96. The van der Waals surface area contributed by atoms with Gasteiger partial charge >= 0.3 is 5.97 Å². The molecule has 2 aliphatic rings. The molecule has 1 aromatic carbocycles. The Bertz CT molecular complexity index is 939. The van der Waals surface area contributed by atoms with Crippen LogP contribution in [0.5, 0.6) is 11.6 Å². The summed E-state index contributed by atoms with van der Waals surface area (Å²) in [5.74, 6) is 0.988. The molecule has 2 bridgehead atoms. The van der Waals surface area contributed by atoms with E-state index in [9.17, 15) is 15.0 Å². The predicted molar refractivity (Wildman–Crippen MR) is 118 cm³/mol. The molecule has 0 saturated heterocycles. The number of nitrogens with one attached hydrogen (secondary N) is 1. The molecule has 3 unspecified atom stereocenters. The third kappa shape index (κ3) is 4.61. The molecule has 1 saturated carbocycles. The Balaban J connectivity index is 1.42. The minimum Gasteiger partial charge on any atom is -0.494 e. The van der Waals surface area contributed by atoms with Gasteiger partial charge in [0.1, 0.15) is 5.75 Å². The van der Waals surface area contributed by atoms with E-state index in [2.05, 4.69) is 29.4 Å². The molecule has 30 heavy (non-hydrogen) atoms. The van der Waals surface area contributed by atoms with Gasteiger partial charge < -0.3 is 20.3 Å². The molecule has 0 amide bonds. The highest BCUT2D eigenvalue weighted by Gasteiger charge is 2.36. The Morgan fingerprint density at radius 2 is 2.17 bits per heavy atom. The van der Waals surface area contributed by atoms with Gasteiger partial charge in [-0.15, -0.1) is 0 Å². The van der Waals surface area contributed by atoms with Crippen LogP contribution in [0, 0.1) is 11.8 Å². The zero-order valence-corrected chi connectivity index (χ0v) is 18.0. The molecule has 3 N–H and O–H groups in total. The largest absolute Gasteiger partial charge is 0.494 e. The zero-order chi connectivity index (χ0) is 21.1. The molecule has 0 spiro atoms. The van der Waals surface area contributed by atoms with E-state index >= 15 is 0 Å². The lowest BCUT2D eigenvalue weighted by Gasteiger charge is -2.18. The standard InChI is InChI=1S/C23H28N2O4S/c1-2-3-10-29-17-7-8-18(22(27)28)15(13-17)6-9-20-21(26)25-23(30-20)24-19-12-14-4-5-16(19)11-14/h4-5,7-8,13-14,16,19,26H,2-3,6,9-12H2,1H3,(H,24,25)(H,27,28). The lowest BCUT2D eigenvalue weighted by atomic mass is 10.0. The second-order valence-corrected chi connectivity index (χ2v) is 9.21. The van der Waals surface area contributed by atoms with Crippen LogP contribution in [0.15, 0.2) is 30.4 Å². The zero-order valence-electron chi connectivity index (χ0n) is 17.1. The van der Waals surface area contributed by atoms with Crippen molar-refractivity contribution >= 4 is 22.4 Å². The van der Waals surface area contributed by atoms with Crippen LogP contribution in [0.25, 0.3) is 0 Å². The van der Waals surface area contributed by atoms with Gasteiger partial charge in [0.2, 0.25) is 5.88 Å². The Morgan fingerprint density at radius 3 is 2.87 bits per heavy atom.